The van der Waals surface area contributed by atoms with Crippen molar-refractivity contribution in [1.82, 2.24) is 19.8 Å². The Labute approximate surface area is 236 Å². The maximum absolute atomic E-state index is 13.2. The topological polar surface area (TPSA) is 78.4 Å². The van der Waals surface area contributed by atoms with E-state index in [1.165, 1.54) is 11.1 Å². The number of carbonyl (C=O) groups excluding carboxylic acids is 2. The summed E-state index contributed by atoms with van der Waals surface area (Å²) in [6.45, 7) is 10.6. The Morgan fingerprint density at radius 2 is 1.43 bits per heavy atom. The van der Waals surface area contributed by atoms with Crippen LogP contribution in [0, 0.1) is 19.8 Å². The van der Waals surface area contributed by atoms with Crippen molar-refractivity contribution in [3.05, 3.63) is 77.9 Å². The van der Waals surface area contributed by atoms with Crippen LogP contribution in [0.4, 0.5) is 10.5 Å². The predicted octanol–water partition coefficient (Wildman–Crippen LogP) is 6.69. The van der Waals surface area contributed by atoms with Gasteiger partial charge in [0.1, 0.15) is 0 Å². The number of benzene rings is 3. The second-order valence-electron chi connectivity index (χ2n) is 10.6. The van der Waals surface area contributed by atoms with Gasteiger partial charge in [-0.05, 0) is 58.7 Å². The molecule has 7 heteroatoms. The summed E-state index contributed by atoms with van der Waals surface area (Å²) in [6.07, 6.45) is 1.63. The number of piperidine rings is 1. The summed E-state index contributed by atoms with van der Waals surface area (Å²) in [5, 5.41) is 3.03. The number of carbonyl (C=O) groups is 2. The molecule has 1 saturated heterocycles. The highest BCUT2D eigenvalue weighted by Crippen LogP contribution is 2.32. The van der Waals surface area contributed by atoms with Crippen molar-refractivity contribution in [2.24, 2.45) is 5.92 Å². The lowest BCUT2D eigenvalue weighted by molar-refractivity contribution is -0.136. The van der Waals surface area contributed by atoms with E-state index in [9.17, 15) is 9.59 Å². The maximum Gasteiger partial charge on any atom is 0.321 e. The maximum atomic E-state index is 13.2. The van der Waals surface area contributed by atoms with E-state index in [1.54, 1.807) is 4.90 Å². The first-order chi connectivity index (χ1) is 19.4. The molecule has 7 nitrogen and oxygen atoms in total. The van der Waals surface area contributed by atoms with E-state index in [1.807, 2.05) is 36.9 Å². The molecular formula is C33H37N5O2. The number of fused-ring (bicyclic) bond motifs is 1. The molecule has 0 aliphatic carbocycles. The summed E-state index contributed by atoms with van der Waals surface area (Å²) in [5.74, 6) is -0.0179. The van der Waals surface area contributed by atoms with Crippen molar-refractivity contribution in [3.8, 4) is 22.5 Å². The highest BCUT2D eigenvalue weighted by molar-refractivity contribution is 5.94. The zero-order chi connectivity index (χ0) is 28.2. The Balaban J connectivity index is 1.42. The molecule has 1 atom stereocenters. The van der Waals surface area contributed by atoms with Gasteiger partial charge in [0, 0.05) is 43.0 Å². The second kappa shape index (κ2) is 11.9. The molecule has 1 aliphatic heterocycles. The Bertz CT molecular complexity index is 1510. The van der Waals surface area contributed by atoms with Crippen molar-refractivity contribution in [2.75, 3.05) is 31.5 Å². The average molecular weight is 536 g/mol. The summed E-state index contributed by atoms with van der Waals surface area (Å²) in [6, 6.07) is 22.1. The predicted molar refractivity (Wildman–Crippen MR) is 161 cm³/mol. The van der Waals surface area contributed by atoms with Gasteiger partial charge in [0.25, 0.3) is 0 Å². The summed E-state index contributed by atoms with van der Waals surface area (Å²) in [7, 11) is 0. The minimum absolute atomic E-state index is 0.136. The number of anilines is 1. The molecule has 40 heavy (non-hydrogen) atoms. The van der Waals surface area contributed by atoms with Crippen molar-refractivity contribution in [3.63, 3.8) is 0 Å². The molecule has 1 aliphatic rings. The zero-order valence-corrected chi connectivity index (χ0v) is 23.8. The molecule has 0 spiro atoms. The number of hydrogen-bond acceptors (Lipinski definition) is 4. The number of amides is 3. The minimum atomic E-state index is -0.195. The van der Waals surface area contributed by atoms with Gasteiger partial charge in [0.05, 0.1) is 28.3 Å². The normalized spacial score (nSPS) is 15.2. The van der Waals surface area contributed by atoms with Crippen molar-refractivity contribution < 1.29 is 9.59 Å². The van der Waals surface area contributed by atoms with E-state index in [2.05, 4.69) is 67.7 Å². The van der Waals surface area contributed by atoms with Gasteiger partial charge in [-0.2, -0.15) is 0 Å². The fourth-order valence-corrected chi connectivity index (χ4v) is 5.32. The van der Waals surface area contributed by atoms with Crippen LogP contribution in [0.25, 0.3) is 33.5 Å². The molecule has 5 rings (SSSR count). The van der Waals surface area contributed by atoms with Crippen LogP contribution in [-0.4, -0.2) is 57.9 Å². The van der Waals surface area contributed by atoms with E-state index < -0.39 is 0 Å². The lowest BCUT2D eigenvalue weighted by atomic mass is 9.96. The van der Waals surface area contributed by atoms with Crippen molar-refractivity contribution >= 4 is 28.7 Å². The van der Waals surface area contributed by atoms with Crippen LogP contribution in [0.5, 0.6) is 0 Å². The van der Waals surface area contributed by atoms with Gasteiger partial charge >= 0.3 is 6.03 Å². The highest BCUT2D eigenvalue weighted by atomic mass is 16.2. The van der Waals surface area contributed by atoms with E-state index >= 15 is 0 Å². The van der Waals surface area contributed by atoms with Crippen molar-refractivity contribution in [2.45, 2.75) is 40.5 Å². The zero-order valence-electron chi connectivity index (χ0n) is 23.8. The monoisotopic (exact) mass is 535 g/mol. The fourth-order valence-electron chi connectivity index (χ4n) is 5.32. The van der Waals surface area contributed by atoms with Crippen LogP contribution in [0.2, 0.25) is 0 Å². The van der Waals surface area contributed by atoms with E-state index in [4.69, 9.17) is 9.97 Å². The third-order valence-corrected chi connectivity index (χ3v) is 7.70. The van der Waals surface area contributed by atoms with Crippen LogP contribution in [-0.2, 0) is 4.79 Å². The summed E-state index contributed by atoms with van der Waals surface area (Å²) >= 11 is 0. The highest BCUT2D eigenvalue weighted by Gasteiger charge is 2.30. The average Bonchev–Trinajstić information content (AvgIpc) is 2.98. The summed E-state index contributed by atoms with van der Waals surface area (Å²) < 4.78 is 0. The first kappa shape index (κ1) is 27.3. The SMILES string of the molecule is CCN(CC)C(=O)C1CCCN(C(=O)Nc2ccc3nc(-c4ccc(C)cc4)c(-c4ccc(C)cc4)nc3c2)C1. The van der Waals surface area contributed by atoms with Crippen LogP contribution in [0.3, 0.4) is 0 Å². The number of aryl methyl sites for hydroxylation is 2. The molecule has 1 aromatic heterocycles. The quantitative estimate of drug-likeness (QED) is 0.298. The number of nitrogens with zero attached hydrogens (tertiary/aromatic N) is 4. The molecular weight excluding hydrogens is 498 g/mol. The molecule has 1 fully saturated rings. The van der Waals surface area contributed by atoms with Crippen LogP contribution in [0.1, 0.15) is 37.8 Å². The lowest BCUT2D eigenvalue weighted by Gasteiger charge is -2.34. The fraction of sp³-hybridized carbons (Fsp3) is 0.333. The van der Waals surface area contributed by atoms with Crippen LogP contribution >= 0.6 is 0 Å². The van der Waals surface area contributed by atoms with Crippen LogP contribution < -0.4 is 5.32 Å². The molecule has 1 unspecified atom stereocenters. The smallest absolute Gasteiger partial charge is 0.321 e. The number of aromatic nitrogens is 2. The van der Waals surface area contributed by atoms with Gasteiger partial charge in [-0.15, -0.1) is 0 Å². The largest absolute Gasteiger partial charge is 0.343 e. The molecule has 1 N–H and O–H groups in total. The standard InChI is InChI=1S/C33H37N5O2/c1-5-37(6-2)32(39)26-8-7-19-38(21-26)33(40)34-27-17-18-28-29(20-27)36-31(25-15-11-23(4)12-16-25)30(35-28)24-13-9-22(3)10-14-24/h9-18,20,26H,5-8,19,21H2,1-4H3,(H,34,40). The Morgan fingerprint density at radius 1 is 0.850 bits per heavy atom. The van der Waals surface area contributed by atoms with Gasteiger partial charge in [0.2, 0.25) is 5.91 Å². The third-order valence-electron chi connectivity index (χ3n) is 7.70. The second-order valence-corrected chi connectivity index (χ2v) is 10.6. The number of likely N-dealkylation sites (tertiary alicyclic amines) is 1. The molecule has 0 saturated carbocycles. The number of hydrogen-bond donors (Lipinski definition) is 1. The van der Waals surface area contributed by atoms with E-state index in [-0.39, 0.29) is 17.9 Å². The van der Waals surface area contributed by atoms with Gasteiger partial charge in [-0.25, -0.2) is 14.8 Å². The van der Waals surface area contributed by atoms with Crippen molar-refractivity contribution in [1.29, 1.82) is 0 Å². The molecule has 0 radical (unpaired) electrons. The van der Waals surface area contributed by atoms with Gasteiger partial charge in [-0.3, -0.25) is 4.79 Å². The van der Waals surface area contributed by atoms with Gasteiger partial charge in [0.15, 0.2) is 0 Å². The van der Waals surface area contributed by atoms with Crippen LogP contribution in [0.15, 0.2) is 66.7 Å². The first-order valence-corrected chi connectivity index (χ1v) is 14.2. The van der Waals surface area contributed by atoms with Gasteiger partial charge < -0.3 is 15.1 Å². The molecule has 2 heterocycles. The summed E-state index contributed by atoms with van der Waals surface area (Å²) in [5.41, 5.74) is 8.10. The lowest BCUT2D eigenvalue weighted by Crippen LogP contribution is -2.47. The molecule has 3 aromatic carbocycles. The molecule has 0 bridgehead atoms. The minimum Gasteiger partial charge on any atom is -0.343 e. The number of urea groups is 1. The first-order valence-electron chi connectivity index (χ1n) is 14.2. The summed E-state index contributed by atoms with van der Waals surface area (Å²) in [4.78, 5) is 39.8. The van der Waals surface area contributed by atoms with Gasteiger partial charge in [-0.1, -0.05) is 59.7 Å². The van der Waals surface area contributed by atoms with E-state index in [0.29, 0.717) is 37.4 Å². The molecule has 206 valence electrons. The third kappa shape index (κ3) is 5.83. The Morgan fingerprint density at radius 3 is 2.00 bits per heavy atom. The van der Waals surface area contributed by atoms with E-state index in [0.717, 1.165) is 40.9 Å². The Hall–Kier alpha value is -4.26. The number of rotatable bonds is 6. The molecule has 4 aromatic rings. The molecule has 3 amide bonds. The number of nitrogens with one attached hydrogen (secondary N) is 1. The Kier molecular flexibility index (Phi) is 8.10.